The van der Waals surface area contributed by atoms with Crippen LogP contribution in [0.3, 0.4) is 0 Å². The number of carbonyl (C=O) groups is 2. The van der Waals surface area contributed by atoms with Crippen molar-refractivity contribution in [3.05, 3.63) is 41.5 Å². The lowest BCUT2D eigenvalue weighted by Gasteiger charge is -2.64. The van der Waals surface area contributed by atoms with Crippen LogP contribution in [0, 0.1) is 11.3 Å². The second-order valence-corrected chi connectivity index (χ2v) is 10.2. The van der Waals surface area contributed by atoms with Crippen molar-refractivity contribution in [2.45, 2.75) is 62.9 Å². The first-order valence-corrected chi connectivity index (χ1v) is 11.5. The molecule has 32 heavy (non-hydrogen) atoms. The molecule has 0 radical (unpaired) electrons. The molecular weight excluding hydrogens is 408 g/mol. The molecule has 5 bridgehead atoms. The van der Waals surface area contributed by atoms with Crippen LogP contribution in [0.1, 0.15) is 39.2 Å². The number of piperidine rings is 4. The molecule has 8 atom stereocenters. The first-order chi connectivity index (χ1) is 15.2. The lowest BCUT2D eigenvalue weighted by Crippen LogP contribution is -2.76. The van der Waals surface area contributed by atoms with Gasteiger partial charge in [-0.25, -0.2) is 0 Å². The molecule has 1 aromatic rings. The van der Waals surface area contributed by atoms with Gasteiger partial charge in [0.15, 0.2) is 5.72 Å². The van der Waals surface area contributed by atoms with Crippen molar-refractivity contribution in [2.75, 3.05) is 25.1 Å². The standard InChI is InChI=1S/C25H30N2O5/c1-5-16-12-27-20-10-18(16)23(13-31-14(2)28)21(27)11-24(22(23)32-15(3)29)17-8-6-7-9-19(17)26(4)25(20,24)30/h5-9,18,20-22,30H,10-13H2,1-4H3/b16-5-/t18-,20-,21?,22-,23+,24?,25-/m0/s1. The van der Waals surface area contributed by atoms with Crippen LogP contribution >= 0.6 is 0 Å². The van der Waals surface area contributed by atoms with Crippen molar-refractivity contribution in [1.82, 2.24) is 4.90 Å². The summed E-state index contributed by atoms with van der Waals surface area (Å²) in [7, 11) is 1.95. The molecule has 0 aromatic heterocycles. The third kappa shape index (κ3) is 1.93. The summed E-state index contributed by atoms with van der Waals surface area (Å²) in [6, 6.07) is 8.04. The van der Waals surface area contributed by atoms with Crippen molar-refractivity contribution in [3.63, 3.8) is 0 Å². The Kier molecular flexibility index (Phi) is 3.89. The van der Waals surface area contributed by atoms with Crippen LogP contribution in [0.25, 0.3) is 0 Å². The smallest absolute Gasteiger partial charge is 0.302 e. The van der Waals surface area contributed by atoms with Gasteiger partial charge in [-0.15, -0.1) is 0 Å². The van der Waals surface area contributed by atoms with Crippen LogP contribution in [-0.4, -0.2) is 66.1 Å². The van der Waals surface area contributed by atoms with Gasteiger partial charge >= 0.3 is 11.9 Å². The number of fused-ring (bicyclic) bond motifs is 2. The summed E-state index contributed by atoms with van der Waals surface area (Å²) in [6.07, 6.45) is 2.95. The van der Waals surface area contributed by atoms with Gasteiger partial charge in [0.2, 0.25) is 0 Å². The third-order valence-electron chi connectivity index (χ3n) is 9.35. The van der Waals surface area contributed by atoms with E-state index in [9.17, 15) is 14.7 Å². The Morgan fingerprint density at radius 2 is 1.97 bits per heavy atom. The Balaban J connectivity index is 1.67. The zero-order chi connectivity index (χ0) is 22.6. The molecule has 1 aromatic carbocycles. The zero-order valence-corrected chi connectivity index (χ0v) is 19.0. The fraction of sp³-hybridized carbons (Fsp3) is 0.600. The molecule has 1 N–H and O–H groups in total. The van der Waals surface area contributed by atoms with Crippen LogP contribution in [0.5, 0.6) is 0 Å². The lowest BCUT2D eigenvalue weighted by atomic mass is 9.58. The van der Waals surface area contributed by atoms with E-state index in [2.05, 4.69) is 17.0 Å². The molecule has 5 heterocycles. The topological polar surface area (TPSA) is 79.3 Å². The highest BCUT2D eigenvalue weighted by Gasteiger charge is 2.86. The normalized spacial score (nSPS) is 45.7. The Morgan fingerprint density at radius 1 is 1.22 bits per heavy atom. The maximum absolute atomic E-state index is 12.7. The largest absolute Gasteiger partial charge is 0.465 e. The molecule has 1 saturated carbocycles. The monoisotopic (exact) mass is 438 g/mol. The summed E-state index contributed by atoms with van der Waals surface area (Å²) in [6.45, 7) is 5.87. The molecule has 3 unspecified atom stereocenters. The molecule has 5 fully saturated rings. The summed E-state index contributed by atoms with van der Waals surface area (Å²) in [5, 5.41) is 12.7. The summed E-state index contributed by atoms with van der Waals surface area (Å²) in [4.78, 5) is 28.9. The fourth-order valence-corrected chi connectivity index (χ4v) is 8.41. The highest BCUT2D eigenvalue weighted by molar-refractivity contribution is 5.72. The SMILES string of the molecule is C/C=C1/CN2C3CC45c6ccccc6N(C)[C@]4(O)[C@@H]2C[C@@H]1[C@@]3(COC(C)=O)[C@@H]5OC(C)=O. The minimum Gasteiger partial charge on any atom is -0.465 e. The molecule has 0 amide bonds. The minimum absolute atomic E-state index is 0.0541. The first-order valence-electron chi connectivity index (χ1n) is 11.5. The number of para-hydroxylation sites is 1. The number of rotatable bonds is 3. The van der Waals surface area contributed by atoms with E-state index in [1.54, 1.807) is 0 Å². The maximum Gasteiger partial charge on any atom is 0.302 e. The van der Waals surface area contributed by atoms with Gasteiger partial charge in [-0.3, -0.25) is 14.5 Å². The van der Waals surface area contributed by atoms with Crippen molar-refractivity contribution >= 4 is 17.6 Å². The van der Waals surface area contributed by atoms with Gasteiger partial charge in [0.05, 0.1) is 16.9 Å². The zero-order valence-electron chi connectivity index (χ0n) is 19.0. The average Bonchev–Trinajstić information content (AvgIpc) is 3.14. The minimum atomic E-state index is -1.22. The van der Waals surface area contributed by atoms with Crippen molar-refractivity contribution in [1.29, 1.82) is 0 Å². The van der Waals surface area contributed by atoms with E-state index in [4.69, 9.17) is 9.47 Å². The Labute approximate surface area is 188 Å². The Morgan fingerprint density at radius 3 is 2.66 bits per heavy atom. The molecular formula is C25H30N2O5. The number of carbonyl (C=O) groups excluding carboxylic acids is 2. The third-order valence-corrected chi connectivity index (χ3v) is 9.35. The van der Waals surface area contributed by atoms with Crippen LogP contribution in [0.4, 0.5) is 5.69 Å². The van der Waals surface area contributed by atoms with E-state index in [-0.39, 0.29) is 36.5 Å². The van der Waals surface area contributed by atoms with Crippen LogP contribution in [0.15, 0.2) is 35.9 Å². The molecule has 7 rings (SSSR count). The molecule has 5 aliphatic heterocycles. The molecule has 170 valence electrons. The number of nitrogens with zero attached hydrogens (tertiary/aromatic N) is 2. The highest BCUT2D eigenvalue weighted by atomic mass is 16.6. The van der Waals surface area contributed by atoms with Gasteiger partial charge < -0.3 is 19.5 Å². The predicted molar refractivity (Wildman–Crippen MR) is 117 cm³/mol. The summed E-state index contributed by atoms with van der Waals surface area (Å²) < 4.78 is 12.0. The van der Waals surface area contributed by atoms with E-state index >= 15 is 0 Å². The molecule has 1 aliphatic carbocycles. The molecule has 6 aliphatic rings. The number of hydrogen-bond donors (Lipinski definition) is 1. The molecule has 7 nitrogen and oxygen atoms in total. The van der Waals surface area contributed by atoms with Gasteiger partial charge in [-0.05, 0) is 37.3 Å². The second kappa shape index (κ2) is 6.14. The number of anilines is 1. The lowest BCUT2D eigenvalue weighted by molar-refractivity contribution is -0.181. The van der Waals surface area contributed by atoms with Crippen molar-refractivity contribution in [2.24, 2.45) is 11.3 Å². The van der Waals surface area contributed by atoms with Crippen LogP contribution < -0.4 is 4.90 Å². The second-order valence-electron chi connectivity index (χ2n) is 10.2. The molecule has 7 heteroatoms. The Bertz CT molecular complexity index is 1070. The van der Waals surface area contributed by atoms with Crippen molar-refractivity contribution in [3.8, 4) is 0 Å². The quantitative estimate of drug-likeness (QED) is 0.571. The summed E-state index contributed by atoms with van der Waals surface area (Å²) in [5.74, 6) is -0.634. The summed E-state index contributed by atoms with van der Waals surface area (Å²) >= 11 is 0. The number of benzene rings is 1. The number of aliphatic hydroxyl groups is 1. The number of likely N-dealkylation sites (N-methyl/N-ethyl adjacent to an activating group) is 1. The number of ether oxygens (including phenoxy) is 2. The number of esters is 2. The van der Waals surface area contributed by atoms with Crippen LogP contribution in [-0.2, 0) is 24.5 Å². The van der Waals surface area contributed by atoms with Crippen molar-refractivity contribution < 1.29 is 24.2 Å². The fourth-order valence-electron chi connectivity index (χ4n) is 8.41. The van der Waals surface area contributed by atoms with E-state index in [0.29, 0.717) is 6.42 Å². The summed E-state index contributed by atoms with van der Waals surface area (Å²) in [5.41, 5.74) is 0.675. The van der Waals surface area contributed by atoms with Gasteiger partial charge in [-0.1, -0.05) is 29.8 Å². The predicted octanol–water partition coefficient (Wildman–Crippen LogP) is 1.98. The van der Waals surface area contributed by atoms with Gasteiger partial charge in [0.25, 0.3) is 0 Å². The number of allylic oxidation sites excluding steroid dienone is 1. The van der Waals surface area contributed by atoms with E-state index in [1.165, 1.54) is 19.4 Å². The van der Waals surface area contributed by atoms with E-state index in [0.717, 1.165) is 24.2 Å². The molecule has 4 saturated heterocycles. The van der Waals surface area contributed by atoms with Gasteiger partial charge in [0, 0.05) is 39.2 Å². The van der Waals surface area contributed by atoms with E-state index in [1.807, 2.05) is 37.1 Å². The first kappa shape index (κ1) is 20.2. The average molecular weight is 439 g/mol. The maximum atomic E-state index is 12.7. The van der Waals surface area contributed by atoms with E-state index < -0.39 is 22.7 Å². The van der Waals surface area contributed by atoms with Crippen LogP contribution in [0.2, 0.25) is 0 Å². The Hall–Kier alpha value is -2.38. The molecule has 1 spiro atoms. The van der Waals surface area contributed by atoms with Gasteiger partial charge in [0.1, 0.15) is 12.7 Å². The van der Waals surface area contributed by atoms with Gasteiger partial charge in [-0.2, -0.15) is 0 Å². The number of hydrogen-bond acceptors (Lipinski definition) is 7. The highest BCUT2D eigenvalue weighted by Crippen LogP contribution is 2.75.